The molecule has 5 heteroatoms. The number of piperazine rings is 1. The van der Waals surface area contributed by atoms with E-state index >= 15 is 0 Å². The number of thiophene rings is 1. The Morgan fingerprint density at radius 2 is 2.00 bits per heavy atom. The molecule has 0 amide bonds. The zero-order valence-corrected chi connectivity index (χ0v) is 18.5. The van der Waals surface area contributed by atoms with Crippen LogP contribution in [0.15, 0.2) is 23.2 Å². The maximum absolute atomic E-state index is 7.94. The Labute approximate surface area is 177 Å². The Hall–Kier alpha value is -1.85. The molecule has 1 fully saturated rings. The number of aliphatic imine (C=N–C) groups is 1. The largest absolute Gasteiger partial charge is 0.348 e. The molecule has 4 rings (SSSR count). The molecule has 150 valence electrons. The van der Waals surface area contributed by atoms with Gasteiger partial charge in [-0.2, -0.15) is 0 Å². The molecule has 1 N–H and O–H groups in total. The summed E-state index contributed by atoms with van der Waals surface area (Å²) in [5.41, 5.74) is 4.93. The molecule has 0 aliphatic carbocycles. The van der Waals surface area contributed by atoms with Crippen molar-refractivity contribution in [2.24, 2.45) is 4.99 Å². The van der Waals surface area contributed by atoms with Gasteiger partial charge in [-0.1, -0.05) is 6.92 Å². The summed E-state index contributed by atoms with van der Waals surface area (Å²) in [6.07, 6.45) is 0. The third-order valence-corrected chi connectivity index (χ3v) is 7.46. The molecule has 2 aliphatic heterocycles. The number of hydrogen-bond acceptors (Lipinski definition) is 5. The number of likely N-dealkylation sites (N-methyl/N-ethyl adjacent to an activating group) is 1. The van der Waals surface area contributed by atoms with Crippen LogP contribution in [0, 0.1) is 20.7 Å². The van der Waals surface area contributed by atoms with Crippen molar-refractivity contribution in [2.45, 2.75) is 60.0 Å². The number of fused-ring (bicyclic) bond motifs is 2. The van der Waals surface area contributed by atoms with Gasteiger partial charge in [0.2, 0.25) is 0 Å². The minimum Gasteiger partial charge on any atom is -0.348 e. The first-order chi connectivity index (χ1) is 14.4. The van der Waals surface area contributed by atoms with Crippen molar-refractivity contribution in [1.29, 1.82) is 0 Å². The SMILES string of the molecule is [2H]C([2H])([2H])c1cc2c(s1)Nc1cc(C)c(C)cc1N=C2N1CCN(CC)C(C)C1(C)C. The number of benzene rings is 1. The van der Waals surface area contributed by atoms with Gasteiger partial charge in [0.05, 0.1) is 22.5 Å². The van der Waals surface area contributed by atoms with Crippen LogP contribution < -0.4 is 5.32 Å². The Morgan fingerprint density at radius 3 is 2.71 bits per heavy atom. The van der Waals surface area contributed by atoms with E-state index in [2.05, 4.69) is 68.8 Å². The molecule has 3 heterocycles. The first-order valence-corrected chi connectivity index (χ1v) is 10.9. The van der Waals surface area contributed by atoms with Crippen molar-refractivity contribution >= 4 is 33.5 Å². The zero-order valence-electron chi connectivity index (χ0n) is 20.7. The van der Waals surface area contributed by atoms with Crippen molar-refractivity contribution in [3.8, 4) is 0 Å². The Bertz CT molecular complexity index is 1040. The zero-order chi connectivity index (χ0) is 22.7. The maximum Gasteiger partial charge on any atom is 0.140 e. The molecule has 1 unspecified atom stereocenters. The third kappa shape index (κ3) is 3.05. The Kier molecular flexibility index (Phi) is 3.94. The van der Waals surface area contributed by atoms with Crippen LogP contribution in [0.5, 0.6) is 0 Å². The van der Waals surface area contributed by atoms with E-state index in [-0.39, 0.29) is 5.54 Å². The number of nitrogens with one attached hydrogen (secondary N) is 1. The van der Waals surface area contributed by atoms with E-state index in [1.54, 1.807) is 0 Å². The summed E-state index contributed by atoms with van der Waals surface area (Å²) in [5.74, 6) is 0.865. The van der Waals surface area contributed by atoms with Gasteiger partial charge in [-0.05, 0) is 77.3 Å². The molecule has 1 atom stereocenters. The number of aryl methyl sites for hydroxylation is 3. The average molecular weight is 400 g/mol. The normalized spacial score (nSPS) is 23.5. The van der Waals surface area contributed by atoms with E-state index in [4.69, 9.17) is 9.10 Å². The van der Waals surface area contributed by atoms with Crippen LogP contribution in [0.1, 0.15) is 53.4 Å². The van der Waals surface area contributed by atoms with Gasteiger partial charge in [0.25, 0.3) is 0 Å². The summed E-state index contributed by atoms with van der Waals surface area (Å²) in [7, 11) is 0. The van der Waals surface area contributed by atoms with Crippen LogP contribution in [0.2, 0.25) is 0 Å². The molecule has 4 nitrogen and oxygen atoms in total. The summed E-state index contributed by atoms with van der Waals surface area (Å²) >= 11 is 1.31. The topological polar surface area (TPSA) is 30.9 Å². The number of amidine groups is 1. The fraction of sp³-hybridized carbons (Fsp3) is 0.522. The molecule has 28 heavy (non-hydrogen) atoms. The van der Waals surface area contributed by atoms with E-state index in [0.717, 1.165) is 47.4 Å². The molecular formula is C23H32N4S. The van der Waals surface area contributed by atoms with Crippen molar-refractivity contribution < 1.29 is 4.11 Å². The summed E-state index contributed by atoms with van der Waals surface area (Å²) < 4.78 is 23.8. The van der Waals surface area contributed by atoms with E-state index in [1.165, 1.54) is 22.5 Å². The average Bonchev–Trinajstić information content (AvgIpc) is 3.04. The van der Waals surface area contributed by atoms with Gasteiger partial charge in [-0.3, -0.25) is 4.90 Å². The summed E-state index contributed by atoms with van der Waals surface area (Å²) in [6, 6.07) is 6.39. The minimum absolute atomic E-state index is 0.156. The van der Waals surface area contributed by atoms with Gasteiger partial charge in [0.1, 0.15) is 10.8 Å². The van der Waals surface area contributed by atoms with E-state index in [0.29, 0.717) is 10.9 Å². The smallest absolute Gasteiger partial charge is 0.140 e. The number of hydrogen-bond donors (Lipinski definition) is 1. The predicted molar refractivity (Wildman–Crippen MR) is 122 cm³/mol. The van der Waals surface area contributed by atoms with Crippen LogP contribution in [-0.4, -0.2) is 46.9 Å². The van der Waals surface area contributed by atoms with Crippen molar-refractivity contribution in [3.05, 3.63) is 39.8 Å². The molecule has 1 saturated heterocycles. The molecule has 1 aromatic heterocycles. The second-order valence-electron chi connectivity index (χ2n) is 8.48. The lowest BCUT2D eigenvalue weighted by Crippen LogP contribution is -2.65. The van der Waals surface area contributed by atoms with Crippen molar-refractivity contribution in [1.82, 2.24) is 9.80 Å². The quantitative estimate of drug-likeness (QED) is 0.676. The second-order valence-corrected chi connectivity index (χ2v) is 9.53. The second kappa shape index (κ2) is 6.89. The fourth-order valence-corrected chi connectivity index (χ4v) is 5.16. The van der Waals surface area contributed by atoms with Crippen LogP contribution in [-0.2, 0) is 0 Å². The van der Waals surface area contributed by atoms with E-state index < -0.39 is 6.85 Å². The highest BCUT2D eigenvalue weighted by atomic mass is 32.1. The molecule has 1 aromatic carbocycles. The summed E-state index contributed by atoms with van der Waals surface area (Å²) in [6.45, 7) is 13.9. The molecule has 0 radical (unpaired) electrons. The van der Waals surface area contributed by atoms with Crippen LogP contribution in [0.3, 0.4) is 0 Å². The molecular weight excluding hydrogens is 364 g/mol. The number of rotatable bonds is 1. The van der Waals surface area contributed by atoms with Gasteiger partial charge < -0.3 is 10.2 Å². The lowest BCUT2D eigenvalue weighted by Gasteiger charge is -2.53. The lowest BCUT2D eigenvalue weighted by atomic mass is 9.88. The Morgan fingerprint density at radius 1 is 1.25 bits per heavy atom. The fourth-order valence-electron chi connectivity index (χ4n) is 4.34. The van der Waals surface area contributed by atoms with E-state index in [9.17, 15) is 0 Å². The molecule has 2 aliphatic rings. The predicted octanol–water partition coefficient (Wildman–Crippen LogP) is 5.61. The molecule has 0 bridgehead atoms. The van der Waals surface area contributed by atoms with Gasteiger partial charge >= 0.3 is 0 Å². The maximum atomic E-state index is 7.94. The Balaban J connectivity index is 1.91. The van der Waals surface area contributed by atoms with Gasteiger partial charge in [0, 0.05) is 28.1 Å². The van der Waals surface area contributed by atoms with Crippen molar-refractivity contribution in [3.63, 3.8) is 0 Å². The molecule has 0 spiro atoms. The molecule has 2 aromatic rings. The summed E-state index contributed by atoms with van der Waals surface area (Å²) in [5, 5.41) is 4.36. The van der Waals surface area contributed by atoms with E-state index in [1.807, 2.05) is 6.07 Å². The first kappa shape index (κ1) is 16.0. The summed E-state index contributed by atoms with van der Waals surface area (Å²) in [4.78, 5) is 10.4. The van der Waals surface area contributed by atoms with Gasteiger partial charge in [-0.25, -0.2) is 4.99 Å². The highest BCUT2D eigenvalue weighted by Gasteiger charge is 2.42. The lowest BCUT2D eigenvalue weighted by molar-refractivity contribution is 0.0207. The highest BCUT2D eigenvalue weighted by Crippen LogP contribution is 2.42. The van der Waals surface area contributed by atoms with Crippen LogP contribution >= 0.6 is 11.3 Å². The number of nitrogens with zero attached hydrogens (tertiary/aromatic N) is 3. The monoisotopic (exact) mass is 399 g/mol. The number of anilines is 2. The standard InChI is InChI=1S/C23H32N4S/c1-8-26-9-10-27(23(6,7)17(26)5)21-18-13-16(4)28-22(18)25-20-12-15(3)14(2)11-19(20)24-21/h11-13,17,25H,8-10H2,1-7H3/i4D3. The first-order valence-electron chi connectivity index (χ1n) is 11.6. The van der Waals surface area contributed by atoms with Crippen LogP contribution in [0.25, 0.3) is 0 Å². The van der Waals surface area contributed by atoms with Gasteiger partial charge in [-0.15, -0.1) is 11.3 Å². The van der Waals surface area contributed by atoms with Crippen LogP contribution in [0.4, 0.5) is 16.4 Å². The minimum atomic E-state index is -2.14. The molecule has 0 saturated carbocycles. The third-order valence-electron chi connectivity index (χ3n) is 6.60. The van der Waals surface area contributed by atoms with Gasteiger partial charge in [0.15, 0.2) is 0 Å². The van der Waals surface area contributed by atoms with Crippen molar-refractivity contribution in [2.75, 3.05) is 25.0 Å². The highest BCUT2D eigenvalue weighted by molar-refractivity contribution is 7.16.